The van der Waals surface area contributed by atoms with Gasteiger partial charge in [0, 0.05) is 81.7 Å². The first-order chi connectivity index (χ1) is 17.4. The van der Waals surface area contributed by atoms with Crippen LogP contribution in [0.3, 0.4) is 0 Å². The molecule has 0 N–H and O–H groups in total. The molecule has 36 heavy (non-hydrogen) atoms. The molecule has 0 aromatic heterocycles. The van der Waals surface area contributed by atoms with Gasteiger partial charge in [-0.25, -0.2) is 4.79 Å². The Morgan fingerprint density at radius 3 is 2.25 bits per heavy atom. The van der Waals surface area contributed by atoms with Crippen molar-refractivity contribution in [3.63, 3.8) is 0 Å². The van der Waals surface area contributed by atoms with Gasteiger partial charge in [0.05, 0.1) is 6.61 Å². The lowest BCUT2D eigenvalue weighted by atomic mass is 9.89. The van der Waals surface area contributed by atoms with E-state index in [9.17, 15) is 9.59 Å². The molecular weight excluding hydrogens is 456 g/mol. The lowest BCUT2D eigenvalue weighted by molar-refractivity contribution is -0.231. The lowest BCUT2D eigenvalue weighted by Gasteiger charge is -2.47. The lowest BCUT2D eigenvalue weighted by Crippen LogP contribution is -2.54. The molecule has 2 aromatic rings. The molecule has 4 aliphatic rings. The van der Waals surface area contributed by atoms with Gasteiger partial charge in [-0.3, -0.25) is 19.5 Å². The molecule has 1 saturated carbocycles. The first kappa shape index (κ1) is 23.3. The molecule has 2 aromatic carbocycles. The van der Waals surface area contributed by atoms with Crippen molar-refractivity contribution in [2.24, 2.45) is 0 Å². The van der Waals surface area contributed by atoms with E-state index < -0.39 is 5.79 Å². The standard InChI is InChI=1S/C28H34N4O4/c1-29(2)26(33)20-6-8-23(9-7-20)31-16-17-32(27(31)34)24-10-11-25-21(18-24)19-35-28(36-25)12-14-30(15-13-28)22-4-3-5-22/h6-11,18,22H,3-5,12-17,19H2,1-2H3. The Hall–Kier alpha value is -3.10. The third-order valence-corrected chi connectivity index (χ3v) is 8.13. The van der Waals surface area contributed by atoms with Crippen molar-refractivity contribution in [3.8, 4) is 5.75 Å². The number of carbonyl (C=O) groups excluding carboxylic acids is 2. The van der Waals surface area contributed by atoms with Gasteiger partial charge < -0.3 is 14.4 Å². The molecule has 0 unspecified atom stereocenters. The Kier molecular flexibility index (Phi) is 5.88. The highest BCUT2D eigenvalue weighted by Crippen LogP contribution is 2.41. The zero-order valence-electron chi connectivity index (χ0n) is 21.1. The maximum Gasteiger partial charge on any atom is 0.329 e. The van der Waals surface area contributed by atoms with Crippen molar-refractivity contribution in [1.82, 2.24) is 9.80 Å². The Balaban J connectivity index is 1.12. The van der Waals surface area contributed by atoms with Crippen LogP contribution >= 0.6 is 0 Å². The minimum atomic E-state index is -0.519. The van der Waals surface area contributed by atoms with Crippen LogP contribution in [0, 0.1) is 0 Å². The first-order valence-corrected chi connectivity index (χ1v) is 13.0. The predicted octanol–water partition coefficient (Wildman–Crippen LogP) is 4.09. The topological polar surface area (TPSA) is 65.6 Å². The zero-order chi connectivity index (χ0) is 24.9. The van der Waals surface area contributed by atoms with Gasteiger partial charge in [0.25, 0.3) is 5.91 Å². The monoisotopic (exact) mass is 490 g/mol. The quantitative estimate of drug-likeness (QED) is 0.646. The molecule has 2 saturated heterocycles. The summed E-state index contributed by atoms with van der Waals surface area (Å²) in [5.41, 5.74) is 3.23. The summed E-state index contributed by atoms with van der Waals surface area (Å²) in [7, 11) is 3.46. The summed E-state index contributed by atoms with van der Waals surface area (Å²) in [5.74, 6) is 0.293. The average molecular weight is 491 g/mol. The molecule has 0 radical (unpaired) electrons. The normalized spacial score (nSPS) is 21.8. The minimum absolute atomic E-state index is 0.0554. The number of hydrogen-bond acceptors (Lipinski definition) is 5. The van der Waals surface area contributed by atoms with Crippen molar-refractivity contribution in [2.75, 3.05) is 50.1 Å². The molecule has 3 fully saturated rings. The van der Waals surface area contributed by atoms with Crippen molar-refractivity contribution in [2.45, 2.75) is 50.5 Å². The molecule has 0 atom stereocenters. The average Bonchev–Trinajstić information content (AvgIpc) is 3.25. The number of hydrogen-bond donors (Lipinski definition) is 0. The number of likely N-dealkylation sites (tertiary alicyclic amines) is 1. The van der Waals surface area contributed by atoms with Gasteiger partial charge in [-0.05, 0) is 55.3 Å². The zero-order valence-corrected chi connectivity index (χ0v) is 21.1. The number of ether oxygens (including phenoxy) is 2. The van der Waals surface area contributed by atoms with E-state index in [2.05, 4.69) is 4.90 Å². The highest BCUT2D eigenvalue weighted by Gasteiger charge is 2.43. The molecular formula is C28H34N4O4. The number of piperidine rings is 1. The summed E-state index contributed by atoms with van der Waals surface area (Å²) >= 11 is 0. The maximum atomic E-state index is 13.3. The second-order valence-electron chi connectivity index (χ2n) is 10.5. The van der Waals surface area contributed by atoms with Gasteiger partial charge in [0.15, 0.2) is 0 Å². The number of anilines is 2. The molecule has 6 rings (SSSR count). The van der Waals surface area contributed by atoms with Crippen LogP contribution in [0.2, 0.25) is 0 Å². The molecule has 8 nitrogen and oxygen atoms in total. The Labute approximate surface area is 212 Å². The summed E-state index contributed by atoms with van der Waals surface area (Å²) in [6.07, 6.45) is 5.80. The molecule has 3 aliphatic heterocycles. The van der Waals surface area contributed by atoms with Crippen LogP contribution in [0.5, 0.6) is 5.75 Å². The molecule has 3 heterocycles. The largest absolute Gasteiger partial charge is 0.462 e. The Bertz CT molecular complexity index is 1150. The summed E-state index contributed by atoms with van der Waals surface area (Å²) in [5, 5.41) is 0. The molecule has 0 bridgehead atoms. The summed E-state index contributed by atoms with van der Waals surface area (Å²) in [6, 6.07) is 13.9. The fraction of sp³-hybridized carbons (Fsp3) is 0.500. The predicted molar refractivity (Wildman–Crippen MR) is 138 cm³/mol. The molecule has 1 aliphatic carbocycles. The fourth-order valence-electron chi connectivity index (χ4n) is 5.67. The van der Waals surface area contributed by atoms with Crippen LogP contribution in [-0.2, 0) is 11.3 Å². The van der Waals surface area contributed by atoms with Crippen molar-refractivity contribution >= 4 is 23.3 Å². The van der Waals surface area contributed by atoms with Crippen molar-refractivity contribution in [1.29, 1.82) is 0 Å². The highest BCUT2D eigenvalue weighted by molar-refractivity contribution is 6.06. The number of amides is 3. The smallest absolute Gasteiger partial charge is 0.329 e. The number of nitrogens with zero attached hydrogens (tertiary/aromatic N) is 4. The summed E-state index contributed by atoms with van der Waals surface area (Å²) in [4.78, 5) is 33.1. The second-order valence-corrected chi connectivity index (χ2v) is 10.5. The molecule has 1 spiro atoms. The van der Waals surface area contributed by atoms with E-state index in [0.29, 0.717) is 25.3 Å². The van der Waals surface area contributed by atoms with Gasteiger partial charge in [0.2, 0.25) is 5.79 Å². The van der Waals surface area contributed by atoms with Crippen molar-refractivity contribution < 1.29 is 19.1 Å². The number of fused-ring (bicyclic) bond motifs is 1. The molecule has 190 valence electrons. The molecule has 8 heteroatoms. The third kappa shape index (κ3) is 4.12. The Morgan fingerprint density at radius 2 is 1.61 bits per heavy atom. The minimum Gasteiger partial charge on any atom is -0.462 e. The van der Waals surface area contributed by atoms with Crippen LogP contribution in [0.1, 0.15) is 48.0 Å². The number of benzene rings is 2. The van der Waals surface area contributed by atoms with E-state index in [1.807, 2.05) is 30.3 Å². The van der Waals surface area contributed by atoms with Crippen LogP contribution in [0.25, 0.3) is 0 Å². The number of rotatable bonds is 4. The summed E-state index contributed by atoms with van der Waals surface area (Å²) in [6.45, 7) is 3.74. The van der Waals surface area contributed by atoms with E-state index in [1.165, 1.54) is 19.3 Å². The maximum absolute atomic E-state index is 13.3. The SMILES string of the molecule is CN(C)C(=O)c1ccc(N2CCN(c3ccc4c(c3)COC3(CCN(C5CCC5)CC3)O4)C2=O)cc1. The van der Waals surface area contributed by atoms with Crippen LogP contribution < -0.4 is 14.5 Å². The van der Waals surface area contributed by atoms with E-state index >= 15 is 0 Å². The number of carbonyl (C=O) groups is 2. The van der Waals surface area contributed by atoms with E-state index in [0.717, 1.165) is 54.7 Å². The number of urea groups is 1. The molecule has 3 amide bonds. The van der Waals surface area contributed by atoms with Gasteiger partial charge in [-0.1, -0.05) is 6.42 Å². The second kappa shape index (κ2) is 9.09. The fourth-order valence-corrected chi connectivity index (χ4v) is 5.67. The van der Waals surface area contributed by atoms with Crippen LogP contribution in [0.15, 0.2) is 42.5 Å². The highest BCUT2D eigenvalue weighted by atomic mass is 16.7. The summed E-state index contributed by atoms with van der Waals surface area (Å²) < 4.78 is 12.7. The van der Waals surface area contributed by atoms with Crippen LogP contribution in [0.4, 0.5) is 16.2 Å². The van der Waals surface area contributed by atoms with Gasteiger partial charge >= 0.3 is 6.03 Å². The van der Waals surface area contributed by atoms with Gasteiger partial charge in [-0.2, -0.15) is 0 Å². The van der Waals surface area contributed by atoms with Gasteiger partial charge in [-0.15, -0.1) is 0 Å². The van der Waals surface area contributed by atoms with Crippen LogP contribution in [-0.4, -0.2) is 73.8 Å². The van der Waals surface area contributed by atoms with E-state index in [-0.39, 0.29) is 11.9 Å². The van der Waals surface area contributed by atoms with E-state index in [4.69, 9.17) is 9.47 Å². The van der Waals surface area contributed by atoms with Crippen molar-refractivity contribution in [3.05, 3.63) is 53.6 Å². The Morgan fingerprint density at radius 1 is 0.944 bits per heavy atom. The van der Waals surface area contributed by atoms with E-state index in [1.54, 1.807) is 40.9 Å². The van der Waals surface area contributed by atoms with Gasteiger partial charge in [0.1, 0.15) is 5.75 Å². The third-order valence-electron chi connectivity index (χ3n) is 8.13. The first-order valence-electron chi connectivity index (χ1n) is 13.0.